The number of ether oxygens (including phenoxy) is 2. The van der Waals surface area contributed by atoms with Gasteiger partial charge in [0, 0.05) is 25.8 Å². The van der Waals surface area contributed by atoms with Gasteiger partial charge in [-0.2, -0.15) is 0 Å². The number of hydrogen-bond acceptors (Lipinski definition) is 4. The monoisotopic (exact) mass is 534 g/mol. The van der Waals surface area contributed by atoms with E-state index < -0.39 is 0 Å². The predicted octanol–water partition coefficient (Wildman–Crippen LogP) is 4.21. The fraction of sp³-hybridized carbons (Fsp3) is 0.696. The second kappa shape index (κ2) is 18.7. The van der Waals surface area contributed by atoms with Crippen LogP contribution in [0.2, 0.25) is 0 Å². The lowest BCUT2D eigenvalue weighted by Crippen LogP contribution is -2.37. The summed E-state index contributed by atoms with van der Waals surface area (Å²) in [6.45, 7) is 8.86. The summed E-state index contributed by atoms with van der Waals surface area (Å²) >= 11 is 0. The fourth-order valence-corrected chi connectivity index (χ4v) is 2.96. The van der Waals surface area contributed by atoms with Gasteiger partial charge in [-0.15, -0.1) is 24.0 Å². The third-order valence-corrected chi connectivity index (χ3v) is 4.59. The summed E-state index contributed by atoms with van der Waals surface area (Å²) in [4.78, 5) is 7.00. The summed E-state index contributed by atoms with van der Waals surface area (Å²) in [5, 5.41) is 6.79. The molecule has 0 heterocycles. The van der Waals surface area contributed by atoms with Gasteiger partial charge in [0.15, 0.2) is 5.96 Å². The first kappa shape index (κ1) is 28.9. The zero-order valence-electron chi connectivity index (χ0n) is 19.6. The fourth-order valence-electron chi connectivity index (χ4n) is 2.96. The lowest BCUT2D eigenvalue weighted by atomic mass is 10.1. The number of nitrogens with one attached hydrogen (secondary N) is 2. The molecule has 0 fully saturated rings. The molecule has 0 bridgehead atoms. The summed E-state index contributed by atoms with van der Waals surface area (Å²) in [6.07, 6.45) is 6.33. The molecule has 30 heavy (non-hydrogen) atoms. The van der Waals surface area contributed by atoms with Gasteiger partial charge in [0.1, 0.15) is 12.4 Å². The summed E-state index contributed by atoms with van der Waals surface area (Å²) in [5.41, 5.74) is 2.27. The molecule has 0 unspecified atom stereocenters. The van der Waals surface area contributed by atoms with Gasteiger partial charge in [-0.3, -0.25) is 0 Å². The maximum Gasteiger partial charge on any atom is 0.191 e. The van der Waals surface area contributed by atoms with Crippen LogP contribution in [0, 0.1) is 6.92 Å². The van der Waals surface area contributed by atoms with E-state index in [2.05, 4.69) is 61.7 Å². The molecule has 1 aromatic carbocycles. The number of rotatable bonds is 15. The first-order valence-electron chi connectivity index (χ1n) is 10.9. The van der Waals surface area contributed by atoms with Crippen molar-refractivity contribution < 1.29 is 9.47 Å². The molecule has 0 amide bonds. The minimum atomic E-state index is 0. The largest absolute Gasteiger partial charge is 0.491 e. The molecule has 0 atom stereocenters. The summed E-state index contributed by atoms with van der Waals surface area (Å²) in [7, 11) is 5.95. The molecule has 0 aromatic heterocycles. The van der Waals surface area contributed by atoms with Crippen LogP contribution >= 0.6 is 24.0 Å². The van der Waals surface area contributed by atoms with Crippen LogP contribution in [0.3, 0.4) is 0 Å². The minimum Gasteiger partial charge on any atom is -0.491 e. The Hall–Kier alpha value is -1.06. The topological polar surface area (TPSA) is 58.1 Å². The molecule has 174 valence electrons. The number of unbranched alkanes of at least 4 members (excludes halogenated alkanes) is 4. The van der Waals surface area contributed by atoms with Gasteiger partial charge in [-0.1, -0.05) is 31.4 Å². The standard InChI is InChI=1S/C23H42N4O2.HI/c1-6-24-23(25-14-10-8-7-9-11-15-27(3)4)26-19-21-13-12-20(2)18-22(21)29-17-16-28-5;/h12-13,18H,6-11,14-17,19H2,1-5H3,(H2,24,25,26);1H. The van der Waals surface area contributed by atoms with E-state index in [1.807, 2.05) is 0 Å². The molecular weight excluding hydrogens is 491 g/mol. The van der Waals surface area contributed by atoms with Crippen molar-refractivity contribution in [2.45, 2.75) is 52.5 Å². The van der Waals surface area contributed by atoms with Gasteiger partial charge in [0.05, 0.1) is 13.2 Å². The summed E-state index contributed by atoms with van der Waals surface area (Å²) < 4.78 is 11.0. The number of aliphatic imine (C=N–C) groups is 1. The van der Waals surface area contributed by atoms with Gasteiger partial charge < -0.3 is 25.0 Å². The Morgan fingerprint density at radius 1 is 1.03 bits per heavy atom. The van der Waals surface area contributed by atoms with E-state index in [4.69, 9.17) is 14.5 Å². The van der Waals surface area contributed by atoms with E-state index in [0.717, 1.165) is 30.4 Å². The zero-order chi connectivity index (χ0) is 21.3. The molecule has 0 radical (unpaired) electrons. The van der Waals surface area contributed by atoms with Crippen molar-refractivity contribution in [2.75, 3.05) is 54.1 Å². The average Bonchev–Trinajstić information content (AvgIpc) is 2.69. The average molecular weight is 535 g/mol. The lowest BCUT2D eigenvalue weighted by molar-refractivity contribution is 0.145. The van der Waals surface area contributed by atoms with Crippen molar-refractivity contribution in [3.63, 3.8) is 0 Å². The quantitative estimate of drug-likeness (QED) is 0.153. The Balaban J connectivity index is 0.00000841. The second-order valence-electron chi connectivity index (χ2n) is 7.65. The van der Waals surface area contributed by atoms with Crippen molar-refractivity contribution in [1.29, 1.82) is 0 Å². The Morgan fingerprint density at radius 3 is 2.47 bits per heavy atom. The minimum absolute atomic E-state index is 0. The number of methoxy groups -OCH3 is 1. The van der Waals surface area contributed by atoms with Crippen LogP contribution in [0.1, 0.15) is 50.2 Å². The van der Waals surface area contributed by atoms with Crippen LogP contribution in [0.15, 0.2) is 23.2 Å². The molecule has 7 heteroatoms. The lowest BCUT2D eigenvalue weighted by Gasteiger charge is -2.14. The highest BCUT2D eigenvalue weighted by Gasteiger charge is 2.05. The third-order valence-electron chi connectivity index (χ3n) is 4.59. The number of guanidine groups is 1. The normalized spacial score (nSPS) is 11.3. The maximum atomic E-state index is 5.87. The highest BCUT2D eigenvalue weighted by Crippen LogP contribution is 2.21. The van der Waals surface area contributed by atoms with E-state index in [-0.39, 0.29) is 24.0 Å². The van der Waals surface area contributed by atoms with Crippen molar-refractivity contribution in [1.82, 2.24) is 15.5 Å². The highest BCUT2D eigenvalue weighted by atomic mass is 127. The molecule has 6 nitrogen and oxygen atoms in total. The number of benzene rings is 1. The first-order valence-corrected chi connectivity index (χ1v) is 10.9. The smallest absolute Gasteiger partial charge is 0.191 e. The number of halogens is 1. The van der Waals surface area contributed by atoms with Crippen LogP contribution in [-0.4, -0.2) is 64.9 Å². The summed E-state index contributed by atoms with van der Waals surface area (Å²) in [5.74, 6) is 1.75. The van der Waals surface area contributed by atoms with Crippen molar-refractivity contribution in [3.05, 3.63) is 29.3 Å². The van der Waals surface area contributed by atoms with Gasteiger partial charge in [-0.25, -0.2) is 4.99 Å². The molecule has 0 aliphatic rings. The van der Waals surface area contributed by atoms with Crippen molar-refractivity contribution in [3.8, 4) is 5.75 Å². The zero-order valence-corrected chi connectivity index (χ0v) is 22.0. The van der Waals surface area contributed by atoms with E-state index in [1.54, 1.807) is 7.11 Å². The highest BCUT2D eigenvalue weighted by molar-refractivity contribution is 14.0. The number of nitrogens with zero attached hydrogens (tertiary/aromatic N) is 2. The van der Waals surface area contributed by atoms with E-state index in [9.17, 15) is 0 Å². The Labute approximate surface area is 201 Å². The van der Waals surface area contributed by atoms with Gasteiger partial charge in [0.25, 0.3) is 0 Å². The molecule has 0 aliphatic heterocycles. The molecule has 0 saturated carbocycles. The van der Waals surface area contributed by atoms with E-state index in [0.29, 0.717) is 19.8 Å². The Morgan fingerprint density at radius 2 is 1.77 bits per heavy atom. The van der Waals surface area contributed by atoms with Gasteiger partial charge in [-0.05, 0) is 59.0 Å². The Kier molecular flexibility index (Phi) is 18.0. The van der Waals surface area contributed by atoms with Crippen LogP contribution in [0.4, 0.5) is 0 Å². The molecular formula is C23H43IN4O2. The van der Waals surface area contributed by atoms with E-state index >= 15 is 0 Å². The van der Waals surface area contributed by atoms with Gasteiger partial charge in [0.2, 0.25) is 0 Å². The van der Waals surface area contributed by atoms with Crippen LogP contribution in [-0.2, 0) is 11.3 Å². The van der Waals surface area contributed by atoms with E-state index in [1.165, 1.54) is 44.2 Å². The molecule has 0 aliphatic carbocycles. The van der Waals surface area contributed by atoms with Crippen molar-refractivity contribution >= 4 is 29.9 Å². The molecule has 0 spiro atoms. The SMILES string of the molecule is CCNC(=NCc1ccc(C)cc1OCCOC)NCCCCCCCN(C)C.I. The Bertz CT molecular complexity index is 582. The molecule has 1 aromatic rings. The second-order valence-corrected chi connectivity index (χ2v) is 7.65. The summed E-state index contributed by atoms with van der Waals surface area (Å²) in [6, 6.07) is 6.26. The van der Waals surface area contributed by atoms with Crippen molar-refractivity contribution in [2.24, 2.45) is 4.99 Å². The number of aryl methyl sites for hydroxylation is 1. The van der Waals surface area contributed by atoms with Crippen LogP contribution in [0.25, 0.3) is 0 Å². The molecule has 0 saturated heterocycles. The maximum absolute atomic E-state index is 5.87. The van der Waals surface area contributed by atoms with Crippen LogP contribution < -0.4 is 15.4 Å². The van der Waals surface area contributed by atoms with Gasteiger partial charge >= 0.3 is 0 Å². The predicted molar refractivity (Wildman–Crippen MR) is 138 cm³/mol. The molecule has 1 rings (SSSR count). The number of hydrogen-bond donors (Lipinski definition) is 2. The molecule has 2 N–H and O–H groups in total. The van der Waals surface area contributed by atoms with Crippen LogP contribution in [0.5, 0.6) is 5.75 Å². The third kappa shape index (κ3) is 14.0. The first-order chi connectivity index (χ1) is 14.1.